The molecule has 0 unspecified atom stereocenters. The minimum Gasteiger partial charge on any atom is -0.297 e. The van der Waals surface area contributed by atoms with Gasteiger partial charge in [0.1, 0.15) is 5.54 Å². The third-order valence-electron chi connectivity index (χ3n) is 2.63. The first-order chi connectivity index (χ1) is 6.26. The van der Waals surface area contributed by atoms with E-state index < -0.39 is 0 Å². The predicted octanol–water partition coefficient (Wildman–Crippen LogP) is 2.60. The van der Waals surface area contributed by atoms with E-state index in [1.165, 1.54) is 12.8 Å². The van der Waals surface area contributed by atoms with Crippen molar-refractivity contribution in [2.45, 2.75) is 64.0 Å². The van der Waals surface area contributed by atoms with Crippen LogP contribution in [-0.2, 0) is 0 Å². The molecule has 74 valence electrons. The number of hydrogen-bond acceptors (Lipinski definition) is 2. The Morgan fingerprint density at radius 3 is 2.15 bits per heavy atom. The zero-order valence-electron chi connectivity index (χ0n) is 8.77. The van der Waals surface area contributed by atoms with Gasteiger partial charge in [-0.05, 0) is 25.7 Å². The summed E-state index contributed by atoms with van der Waals surface area (Å²) in [5, 5.41) is 12.7. The van der Waals surface area contributed by atoms with Crippen LogP contribution in [0, 0.1) is 11.3 Å². The van der Waals surface area contributed by atoms with Crippen molar-refractivity contribution >= 4 is 0 Å². The fourth-order valence-electron chi connectivity index (χ4n) is 1.89. The van der Waals surface area contributed by atoms with Crippen LogP contribution in [0.25, 0.3) is 0 Å². The molecule has 1 aliphatic rings. The highest BCUT2D eigenvalue weighted by molar-refractivity contribution is 5.09. The second kappa shape index (κ2) is 4.62. The highest BCUT2D eigenvalue weighted by Gasteiger charge is 2.34. The molecule has 2 nitrogen and oxygen atoms in total. The van der Waals surface area contributed by atoms with Gasteiger partial charge in [0.05, 0.1) is 6.07 Å². The maximum Gasteiger partial charge on any atom is 0.106 e. The number of nitriles is 1. The Labute approximate surface area is 81.3 Å². The molecule has 2 heteroatoms. The average Bonchev–Trinajstić information content (AvgIpc) is 2.89. The van der Waals surface area contributed by atoms with Crippen LogP contribution in [0.1, 0.15) is 52.4 Å². The van der Waals surface area contributed by atoms with Gasteiger partial charge in [0.15, 0.2) is 0 Å². The van der Waals surface area contributed by atoms with Gasteiger partial charge in [-0.15, -0.1) is 0 Å². The lowest BCUT2D eigenvalue weighted by atomic mass is 9.90. The summed E-state index contributed by atoms with van der Waals surface area (Å²) in [6, 6.07) is 3.11. The number of rotatable bonds is 6. The summed E-state index contributed by atoms with van der Waals surface area (Å²) >= 11 is 0. The molecule has 0 radical (unpaired) electrons. The van der Waals surface area contributed by atoms with E-state index >= 15 is 0 Å². The van der Waals surface area contributed by atoms with Gasteiger partial charge in [0, 0.05) is 6.04 Å². The average molecular weight is 180 g/mol. The van der Waals surface area contributed by atoms with Crippen LogP contribution in [0.4, 0.5) is 0 Å². The van der Waals surface area contributed by atoms with Crippen molar-refractivity contribution in [1.82, 2.24) is 5.32 Å². The van der Waals surface area contributed by atoms with Crippen molar-refractivity contribution in [3.05, 3.63) is 0 Å². The lowest BCUT2D eigenvalue weighted by molar-refractivity contribution is 0.350. The van der Waals surface area contributed by atoms with Gasteiger partial charge in [0.25, 0.3) is 0 Å². The zero-order valence-corrected chi connectivity index (χ0v) is 8.77. The van der Waals surface area contributed by atoms with Crippen molar-refractivity contribution < 1.29 is 0 Å². The molecule has 0 saturated heterocycles. The Kier molecular flexibility index (Phi) is 3.74. The Balaban J connectivity index is 2.51. The van der Waals surface area contributed by atoms with Crippen molar-refractivity contribution in [1.29, 1.82) is 5.26 Å². The van der Waals surface area contributed by atoms with Gasteiger partial charge in [-0.3, -0.25) is 5.32 Å². The number of hydrogen-bond donors (Lipinski definition) is 1. The molecule has 1 saturated carbocycles. The van der Waals surface area contributed by atoms with Crippen LogP contribution < -0.4 is 5.32 Å². The summed E-state index contributed by atoms with van der Waals surface area (Å²) in [5.74, 6) is 0. The van der Waals surface area contributed by atoms with E-state index in [1.807, 2.05) is 0 Å². The van der Waals surface area contributed by atoms with Crippen molar-refractivity contribution in [2.75, 3.05) is 0 Å². The standard InChI is InChI=1S/C11H20N2/c1-3-7-11(9-12,8-4-2)13-10-5-6-10/h10,13H,3-8H2,1-2H3. The molecule has 1 N–H and O–H groups in total. The summed E-state index contributed by atoms with van der Waals surface area (Å²) in [7, 11) is 0. The van der Waals surface area contributed by atoms with Gasteiger partial charge >= 0.3 is 0 Å². The molecule has 1 fully saturated rings. The highest BCUT2D eigenvalue weighted by atomic mass is 15.0. The number of nitrogens with zero attached hydrogens (tertiary/aromatic N) is 1. The lowest BCUT2D eigenvalue weighted by Crippen LogP contribution is -2.45. The molecule has 13 heavy (non-hydrogen) atoms. The van der Waals surface area contributed by atoms with Crippen molar-refractivity contribution in [2.24, 2.45) is 0 Å². The highest BCUT2D eigenvalue weighted by Crippen LogP contribution is 2.27. The first kappa shape index (κ1) is 10.5. The van der Waals surface area contributed by atoms with E-state index in [0.29, 0.717) is 6.04 Å². The van der Waals surface area contributed by atoms with Crippen LogP contribution in [0.5, 0.6) is 0 Å². The lowest BCUT2D eigenvalue weighted by Gasteiger charge is -2.27. The molecule has 0 atom stereocenters. The SMILES string of the molecule is CCCC(C#N)(CCC)NC1CC1. The molecule has 0 aromatic rings. The maximum absolute atomic E-state index is 9.20. The molecule has 1 aliphatic carbocycles. The third kappa shape index (κ3) is 3.00. The Bertz CT molecular complexity index is 183. The second-order valence-corrected chi connectivity index (χ2v) is 4.11. The van der Waals surface area contributed by atoms with E-state index in [9.17, 15) is 5.26 Å². The number of nitrogens with one attached hydrogen (secondary N) is 1. The van der Waals surface area contributed by atoms with E-state index in [4.69, 9.17) is 0 Å². The van der Waals surface area contributed by atoms with Gasteiger partial charge < -0.3 is 0 Å². The molecule has 0 aromatic heterocycles. The Hall–Kier alpha value is -0.550. The van der Waals surface area contributed by atoms with E-state index in [-0.39, 0.29) is 5.54 Å². The van der Waals surface area contributed by atoms with E-state index in [0.717, 1.165) is 25.7 Å². The first-order valence-corrected chi connectivity index (χ1v) is 5.45. The molecular formula is C11H20N2. The van der Waals surface area contributed by atoms with Gasteiger partial charge in [-0.25, -0.2) is 0 Å². The monoisotopic (exact) mass is 180 g/mol. The van der Waals surface area contributed by atoms with Crippen LogP contribution in [0.2, 0.25) is 0 Å². The van der Waals surface area contributed by atoms with E-state index in [2.05, 4.69) is 25.2 Å². The quantitative estimate of drug-likeness (QED) is 0.682. The normalized spacial score (nSPS) is 17.0. The minimum absolute atomic E-state index is 0.218. The van der Waals surface area contributed by atoms with Gasteiger partial charge in [0.2, 0.25) is 0 Å². The van der Waals surface area contributed by atoms with Crippen LogP contribution in [0.15, 0.2) is 0 Å². The second-order valence-electron chi connectivity index (χ2n) is 4.11. The summed E-state index contributed by atoms with van der Waals surface area (Å²) in [4.78, 5) is 0. The fourth-order valence-corrected chi connectivity index (χ4v) is 1.89. The van der Waals surface area contributed by atoms with Crippen molar-refractivity contribution in [3.63, 3.8) is 0 Å². The first-order valence-electron chi connectivity index (χ1n) is 5.45. The predicted molar refractivity (Wildman–Crippen MR) is 54.3 cm³/mol. The van der Waals surface area contributed by atoms with Crippen LogP contribution in [-0.4, -0.2) is 11.6 Å². The summed E-state index contributed by atoms with van der Waals surface area (Å²) < 4.78 is 0. The molecule has 1 rings (SSSR count). The topological polar surface area (TPSA) is 35.8 Å². The zero-order chi connectivity index (χ0) is 9.73. The Morgan fingerprint density at radius 2 is 1.85 bits per heavy atom. The molecule has 0 bridgehead atoms. The van der Waals surface area contributed by atoms with E-state index in [1.54, 1.807) is 0 Å². The smallest absolute Gasteiger partial charge is 0.106 e. The largest absolute Gasteiger partial charge is 0.297 e. The van der Waals surface area contributed by atoms with Gasteiger partial charge in [-0.1, -0.05) is 26.7 Å². The molecule has 0 amide bonds. The fraction of sp³-hybridized carbons (Fsp3) is 0.909. The maximum atomic E-state index is 9.20. The third-order valence-corrected chi connectivity index (χ3v) is 2.63. The molecule has 0 spiro atoms. The van der Waals surface area contributed by atoms with Crippen LogP contribution in [0.3, 0.4) is 0 Å². The summed E-state index contributed by atoms with van der Waals surface area (Å²) in [6.07, 6.45) is 6.69. The summed E-state index contributed by atoms with van der Waals surface area (Å²) in [6.45, 7) is 4.30. The molecule has 0 aromatic carbocycles. The van der Waals surface area contributed by atoms with Crippen LogP contribution >= 0.6 is 0 Å². The summed E-state index contributed by atoms with van der Waals surface area (Å²) in [5.41, 5.74) is -0.218. The Morgan fingerprint density at radius 1 is 1.31 bits per heavy atom. The minimum atomic E-state index is -0.218. The van der Waals surface area contributed by atoms with Crippen molar-refractivity contribution in [3.8, 4) is 6.07 Å². The molecule has 0 aliphatic heterocycles. The molecule has 0 heterocycles. The molecular weight excluding hydrogens is 160 g/mol. The van der Waals surface area contributed by atoms with Gasteiger partial charge in [-0.2, -0.15) is 5.26 Å².